The fourth-order valence-electron chi connectivity index (χ4n) is 2.53. The number of benzene rings is 3. The molecular formula is C21H21N3O3. The molecule has 0 aliphatic rings. The van der Waals surface area contributed by atoms with Gasteiger partial charge in [0.15, 0.2) is 11.5 Å². The Morgan fingerprint density at radius 3 is 1.89 bits per heavy atom. The second kappa shape index (κ2) is 8.62. The van der Waals surface area contributed by atoms with Crippen LogP contribution in [0.1, 0.15) is 0 Å². The molecule has 2 amide bonds. The maximum absolute atomic E-state index is 12.2. The second-order valence-electron chi connectivity index (χ2n) is 5.72. The minimum absolute atomic E-state index is 0.342. The largest absolute Gasteiger partial charge is 0.493 e. The van der Waals surface area contributed by atoms with Gasteiger partial charge in [0, 0.05) is 28.8 Å². The lowest BCUT2D eigenvalue weighted by Gasteiger charge is -2.12. The molecule has 0 saturated heterocycles. The summed E-state index contributed by atoms with van der Waals surface area (Å²) in [6.45, 7) is 0. The van der Waals surface area contributed by atoms with Crippen molar-refractivity contribution in [2.24, 2.45) is 0 Å². The molecule has 0 saturated carbocycles. The quantitative estimate of drug-likeness (QED) is 0.570. The number of urea groups is 1. The number of nitrogens with one attached hydrogen (secondary N) is 3. The average molecular weight is 363 g/mol. The smallest absolute Gasteiger partial charge is 0.323 e. The average Bonchev–Trinajstić information content (AvgIpc) is 2.70. The number of rotatable bonds is 6. The molecule has 0 aliphatic heterocycles. The molecule has 0 fully saturated rings. The van der Waals surface area contributed by atoms with Gasteiger partial charge in [0.1, 0.15) is 0 Å². The zero-order valence-corrected chi connectivity index (χ0v) is 15.2. The van der Waals surface area contributed by atoms with E-state index in [0.717, 1.165) is 11.4 Å². The Bertz CT molecular complexity index is 896. The summed E-state index contributed by atoms with van der Waals surface area (Å²) in [5.74, 6) is 1.15. The zero-order chi connectivity index (χ0) is 19.1. The van der Waals surface area contributed by atoms with E-state index in [1.807, 2.05) is 54.6 Å². The summed E-state index contributed by atoms with van der Waals surface area (Å²) in [7, 11) is 3.11. The minimum atomic E-state index is -0.342. The van der Waals surface area contributed by atoms with E-state index in [0.29, 0.717) is 22.9 Å². The fraction of sp³-hybridized carbons (Fsp3) is 0.0952. The minimum Gasteiger partial charge on any atom is -0.493 e. The highest BCUT2D eigenvalue weighted by atomic mass is 16.5. The van der Waals surface area contributed by atoms with E-state index in [4.69, 9.17) is 9.47 Å². The van der Waals surface area contributed by atoms with Crippen molar-refractivity contribution in [2.45, 2.75) is 0 Å². The van der Waals surface area contributed by atoms with Crippen LogP contribution in [0.4, 0.5) is 27.5 Å². The van der Waals surface area contributed by atoms with E-state index in [1.165, 1.54) is 0 Å². The molecule has 0 unspecified atom stereocenters. The van der Waals surface area contributed by atoms with Gasteiger partial charge in [-0.25, -0.2) is 4.79 Å². The van der Waals surface area contributed by atoms with Gasteiger partial charge in [-0.1, -0.05) is 18.2 Å². The number of methoxy groups -OCH3 is 2. The van der Waals surface area contributed by atoms with Crippen LogP contribution in [-0.4, -0.2) is 20.3 Å². The van der Waals surface area contributed by atoms with Crippen LogP contribution in [0.5, 0.6) is 11.5 Å². The number of carbonyl (C=O) groups excluding carboxylic acids is 1. The number of anilines is 4. The zero-order valence-electron chi connectivity index (χ0n) is 15.2. The first-order valence-electron chi connectivity index (χ1n) is 8.40. The van der Waals surface area contributed by atoms with Gasteiger partial charge in [-0.05, 0) is 48.5 Å². The molecular weight excluding hydrogens is 342 g/mol. The fourth-order valence-corrected chi connectivity index (χ4v) is 2.53. The molecule has 0 aliphatic carbocycles. The Balaban J connectivity index is 1.59. The Labute approximate surface area is 158 Å². The summed E-state index contributed by atoms with van der Waals surface area (Å²) >= 11 is 0. The van der Waals surface area contributed by atoms with Crippen LogP contribution >= 0.6 is 0 Å². The van der Waals surface area contributed by atoms with Crippen molar-refractivity contribution in [1.82, 2.24) is 0 Å². The highest BCUT2D eigenvalue weighted by Gasteiger charge is 2.07. The van der Waals surface area contributed by atoms with Gasteiger partial charge in [-0.3, -0.25) is 0 Å². The van der Waals surface area contributed by atoms with Crippen LogP contribution < -0.4 is 25.4 Å². The molecule has 0 bridgehead atoms. The van der Waals surface area contributed by atoms with E-state index in [2.05, 4.69) is 16.0 Å². The number of amides is 2. The van der Waals surface area contributed by atoms with E-state index >= 15 is 0 Å². The lowest BCUT2D eigenvalue weighted by Crippen LogP contribution is -2.19. The van der Waals surface area contributed by atoms with Gasteiger partial charge in [0.2, 0.25) is 0 Å². The normalized spacial score (nSPS) is 10.0. The van der Waals surface area contributed by atoms with Crippen molar-refractivity contribution in [3.8, 4) is 11.5 Å². The highest BCUT2D eigenvalue weighted by molar-refractivity contribution is 6.00. The molecule has 3 N–H and O–H groups in total. The van der Waals surface area contributed by atoms with Crippen molar-refractivity contribution < 1.29 is 14.3 Å². The molecule has 27 heavy (non-hydrogen) atoms. The van der Waals surface area contributed by atoms with Crippen molar-refractivity contribution in [3.63, 3.8) is 0 Å². The monoisotopic (exact) mass is 363 g/mol. The summed E-state index contributed by atoms with van der Waals surface area (Å²) in [6.07, 6.45) is 0. The van der Waals surface area contributed by atoms with E-state index in [1.54, 1.807) is 32.4 Å². The number of ether oxygens (including phenoxy) is 2. The summed E-state index contributed by atoms with van der Waals surface area (Å²) in [4.78, 5) is 12.2. The van der Waals surface area contributed by atoms with Crippen molar-refractivity contribution >= 4 is 28.8 Å². The molecule has 3 aromatic rings. The third-order valence-electron chi connectivity index (χ3n) is 3.85. The summed E-state index contributed by atoms with van der Waals surface area (Å²) < 4.78 is 10.4. The van der Waals surface area contributed by atoms with Crippen molar-refractivity contribution in [3.05, 3.63) is 72.8 Å². The van der Waals surface area contributed by atoms with Crippen molar-refractivity contribution in [1.29, 1.82) is 0 Å². The van der Waals surface area contributed by atoms with Crippen LogP contribution in [0.25, 0.3) is 0 Å². The van der Waals surface area contributed by atoms with Gasteiger partial charge in [-0.15, -0.1) is 0 Å². The van der Waals surface area contributed by atoms with Crippen LogP contribution in [-0.2, 0) is 0 Å². The topological polar surface area (TPSA) is 71.6 Å². The molecule has 6 heteroatoms. The lowest BCUT2D eigenvalue weighted by molar-refractivity contribution is 0.262. The number of hydrogen-bond donors (Lipinski definition) is 3. The van der Waals surface area contributed by atoms with Crippen LogP contribution in [0.15, 0.2) is 72.8 Å². The first-order valence-corrected chi connectivity index (χ1v) is 8.40. The predicted molar refractivity (Wildman–Crippen MR) is 108 cm³/mol. The molecule has 0 atom stereocenters. The van der Waals surface area contributed by atoms with E-state index < -0.39 is 0 Å². The third-order valence-corrected chi connectivity index (χ3v) is 3.85. The second-order valence-corrected chi connectivity index (χ2v) is 5.72. The molecule has 0 spiro atoms. The van der Waals surface area contributed by atoms with Gasteiger partial charge >= 0.3 is 6.03 Å². The lowest BCUT2D eigenvalue weighted by atomic mass is 10.2. The van der Waals surface area contributed by atoms with Gasteiger partial charge in [0.05, 0.1) is 14.2 Å². The van der Waals surface area contributed by atoms with Crippen LogP contribution in [0.2, 0.25) is 0 Å². The highest BCUT2D eigenvalue weighted by Crippen LogP contribution is 2.29. The first-order chi connectivity index (χ1) is 13.2. The number of carbonyl (C=O) groups is 1. The standard InChI is InChI=1S/C21H21N3O3/c1-26-19-13-12-18(14-20(19)27-2)24-21(25)23-17-10-8-16(9-11-17)22-15-6-4-3-5-7-15/h3-14,22H,1-2H3,(H2,23,24,25). The third kappa shape index (κ3) is 4.92. The Morgan fingerprint density at radius 1 is 0.667 bits per heavy atom. The Morgan fingerprint density at radius 2 is 1.22 bits per heavy atom. The van der Waals surface area contributed by atoms with Gasteiger partial charge in [-0.2, -0.15) is 0 Å². The molecule has 0 aromatic heterocycles. The molecule has 0 heterocycles. The number of para-hydroxylation sites is 1. The Hall–Kier alpha value is -3.67. The molecule has 0 radical (unpaired) electrons. The summed E-state index contributed by atoms with van der Waals surface area (Å²) in [5, 5.41) is 8.86. The van der Waals surface area contributed by atoms with Crippen LogP contribution in [0.3, 0.4) is 0 Å². The summed E-state index contributed by atoms with van der Waals surface area (Å²) in [6, 6.07) is 22.2. The summed E-state index contributed by atoms with van der Waals surface area (Å²) in [5.41, 5.74) is 3.23. The van der Waals surface area contributed by atoms with E-state index in [-0.39, 0.29) is 6.03 Å². The van der Waals surface area contributed by atoms with Crippen molar-refractivity contribution in [2.75, 3.05) is 30.2 Å². The maximum atomic E-state index is 12.2. The Kier molecular flexibility index (Phi) is 5.79. The predicted octanol–water partition coefficient (Wildman–Crippen LogP) is 5.09. The molecule has 6 nitrogen and oxygen atoms in total. The van der Waals surface area contributed by atoms with Gasteiger partial charge < -0.3 is 25.4 Å². The SMILES string of the molecule is COc1ccc(NC(=O)Nc2ccc(Nc3ccccc3)cc2)cc1OC. The maximum Gasteiger partial charge on any atom is 0.323 e. The van der Waals surface area contributed by atoms with E-state index in [9.17, 15) is 4.79 Å². The van der Waals surface area contributed by atoms with Crippen LogP contribution in [0, 0.1) is 0 Å². The first kappa shape index (κ1) is 18.1. The number of hydrogen-bond acceptors (Lipinski definition) is 4. The molecule has 3 rings (SSSR count). The molecule has 3 aromatic carbocycles. The van der Waals surface area contributed by atoms with Gasteiger partial charge in [0.25, 0.3) is 0 Å². The molecule has 138 valence electrons.